The third-order valence-corrected chi connectivity index (χ3v) is 4.41. The van der Waals surface area contributed by atoms with Gasteiger partial charge in [0.05, 0.1) is 12.2 Å². The van der Waals surface area contributed by atoms with E-state index >= 15 is 0 Å². The van der Waals surface area contributed by atoms with Gasteiger partial charge in [-0.2, -0.15) is 5.10 Å². The summed E-state index contributed by atoms with van der Waals surface area (Å²) in [4.78, 5) is 25.4. The molecule has 0 fully saturated rings. The molecule has 0 aliphatic carbocycles. The molecule has 3 rings (SSSR count). The molecule has 3 heterocycles. The number of H-pyrrole nitrogens is 1. The highest BCUT2D eigenvalue weighted by Gasteiger charge is 2.17. The van der Waals surface area contributed by atoms with Gasteiger partial charge in [0.1, 0.15) is 5.82 Å². The normalized spacial score (nSPS) is 11.8. The van der Waals surface area contributed by atoms with Crippen molar-refractivity contribution in [1.82, 2.24) is 30.5 Å². The van der Waals surface area contributed by atoms with Gasteiger partial charge < -0.3 is 10.6 Å². The Kier molecular flexibility index (Phi) is 5.75. The lowest BCUT2D eigenvalue weighted by molar-refractivity contribution is 0.0929. The predicted molar refractivity (Wildman–Crippen MR) is 102 cm³/mol. The molecule has 1 atom stereocenters. The molecule has 8 heteroatoms. The lowest BCUT2D eigenvalue weighted by atomic mass is 10.1. The Morgan fingerprint density at radius 3 is 2.70 bits per heavy atom. The van der Waals surface area contributed by atoms with E-state index in [2.05, 4.69) is 35.8 Å². The van der Waals surface area contributed by atoms with E-state index in [1.165, 1.54) is 0 Å². The fourth-order valence-electron chi connectivity index (χ4n) is 2.64. The molecule has 27 heavy (non-hydrogen) atoms. The van der Waals surface area contributed by atoms with E-state index in [-0.39, 0.29) is 17.8 Å². The molecule has 0 saturated carbocycles. The Bertz CT molecular complexity index is 894. The minimum Gasteiger partial charge on any atom is -0.369 e. The number of hydrogen-bond donors (Lipinski definition) is 3. The maximum atomic E-state index is 12.6. The fourth-order valence-corrected chi connectivity index (χ4v) is 2.64. The number of carbonyl (C=O) groups excluding carboxylic acids is 1. The maximum absolute atomic E-state index is 12.6. The number of aromatic nitrogens is 5. The van der Waals surface area contributed by atoms with E-state index in [1.54, 1.807) is 18.6 Å². The number of hydrogen-bond acceptors (Lipinski definition) is 6. The first-order valence-electron chi connectivity index (χ1n) is 8.82. The molecule has 3 aromatic heterocycles. The van der Waals surface area contributed by atoms with Crippen molar-refractivity contribution in [2.45, 2.75) is 33.2 Å². The summed E-state index contributed by atoms with van der Waals surface area (Å²) in [6, 6.07) is 3.58. The van der Waals surface area contributed by atoms with E-state index in [9.17, 15) is 4.79 Å². The van der Waals surface area contributed by atoms with Gasteiger partial charge in [0, 0.05) is 36.4 Å². The molecule has 3 aromatic rings. The van der Waals surface area contributed by atoms with Gasteiger partial charge in [-0.1, -0.05) is 0 Å². The molecule has 1 amide bonds. The average Bonchev–Trinajstić information content (AvgIpc) is 3.19. The number of nitrogens with zero attached hydrogens (tertiary/aromatic N) is 4. The van der Waals surface area contributed by atoms with Gasteiger partial charge in [-0.05, 0) is 50.5 Å². The summed E-state index contributed by atoms with van der Waals surface area (Å²) >= 11 is 0. The third-order valence-electron chi connectivity index (χ3n) is 4.41. The minimum atomic E-state index is -0.305. The van der Waals surface area contributed by atoms with Crippen molar-refractivity contribution in [2.75, 3.05) is 11.9 Å². The zero-order chi connectivity index (χ0) is 19.2. The summed E-state index contributed by atoms with van der Waals surface area (Å²) in [6.45, 7) is 6.42. The molecule has 140 valence electrons. The number of aromatic amines is 1. The second-order valence-corrected chi connectivity index (χ2v) is 6.37. The molecule has 1 unspecified atom stereocenters. The maximum Gasteiger partial charge on any atom is 0.289 e. The van der Waals surface area contributed by atoms with Crippen LogP contribution < -0.4 is 10.6 Å². The summed E-state index contributed by atoms with van der Waals surface area (Å²) in [7, 11) is 0. The van der Waals surface area contributed by atoms with Crippen LogP contribution in [0.15, 0.2) is 36.9 Å². The number of rotatable bonds is 7. The quantitative estimate of drug-likeness (QED) is 0.593. The van der Waals surface area contributed by atoms with Crippen molar-refractivity contribution in [1.29, 1.82) is 0 Å². The van der Waals surface area contributed by atoms with Crippen LogP contribution in [0.3, 0.4) is 0 Å². The van der Waals surface area contributed by atoms with Crippen molar-refractivity contribution in [3.05, 3.63) is 65.1 Å². The largest absolute Gasteiger partial charge is 0.369 e. The van der Waals surface area contributed by atoms with E-state index in [4.69, 9.17) is 0 Å². The molecule has 0 aliphatic rings. The highest BCUT2D eigenvalue weighted by atomic mass is 16.2. The van der Waals surface area contributed by atoms with Gasteiger partial charge in [0.25, 0.3) is 5.91 Å². The fraction of sp³-hybridized carbons (Fsp3) is 0.316. The molecule has 3 N–H and O–H groups in total. The summed E-state index contributed by atoms with van der Waals surface area (Å²) < 4.78 is 0. The van der Waals surface area contributed by atoms with Gasteiger partial charge >= 0.3 is 0 Å². The third kappa shape index (κ3) is 4.66. The van der Waals surface area contributed by atoms with Crippen LogP contribution in [0.4, 0.5) is 5.82 Å². The zero-order valence-electron chi connectivity index (χ0n) is 15.7. The second-order valence-electron chi connectivity index (χ2n) is 6.37. The SMILES string of the molecule is Cc1nc(C(=O)NC(C)c2ccncc2)nc(NCCc2cn[nH]c2)c1C. The van der Waals surface area contributed by atoms with E-state index in [0.29, 0.717) is 12.4 Å². The average molecular weight is 365 g/mol. The van der Waals surface area contributed by atoms with Gasteiger partial charge in [0.15, 0.2) is 0 Å². The number of aryl methyl sites for hydroxylation is 1. The Hall–Kier alpha value is -3.29. The van der Waals surface area contributed by atoms with Crippen LogP contribution >= 0.6 is 0 Å². The topological polar surface area (TPSA) is 108 Å². The summed E-state index contributed by atoms with van der Waals surface area (Å²) in [5, 5.41) is 13.0. The van der Waals surface area contributed by atoms with E-state index in [1.807, 2.05) is 39.1 Å². The van der Waals surface area contributed by atoms with E-state index < -0.39 is 0 Å². The molecule has 0 aliphatic heterocycles. The van der Waals surface area contributed by atoms with Crippen molar-refractivity contribution < 1.29 is 4.79 Å². The van der Waals surface area contributed by atoms with Crippen molar-refractivity contribution in [2.24, 2.45) is 0 Å². The number of anilines is 1. The molecular formula is C19H23N7O. The monoisotopic (exact) mass is 365 g/mol. The molecule has 0 spiro atoms. The lowest BCUT2D eigenvalue weighted by Gasteiger charge is -2.15. The smallest absolute Gasteiger partial charge is 0.289 e. The standard InChI is InChI=1S/C19H23N7O/c1-12-13(2)24-18(19(27)25-14(3)16-5-7-20-8-6-16)26-17(12)21-9-4-15-10-22-23-11-15/h5-8,10-11,14H,4,9H2,1-3H3,(H,22,23)(H,25,27)(H,21,24,26). The second kappa shape index (κ2) is 8.39. The molecule has 0 bridgehead atoms. The first-order chi connectivity index (χ1) is 13.0. The zero-order valence-corrected chi connectivity index (χ0v) is 15.7. The molecular weight excluding hydrogens is 342 g/mol. The summed E-state index contributed by atoms with van der Waals surface area (Å²) in [6.07, 6.45) is 7.86. The van der Waals surface area contributed by atoms with Crippen LogP contribution in [-0.2, 0) is 6.42 Å². The lowest BCUT2D eigenvalue weighted by Crippen LogP contribution is -2.29. The van der Waals surface area contributed by atoms with Gasteiger partial charge in [-0.15, -0.1) is 0 Å². The first-order valence-corrected chi connectivity index (χ1v) is 8.82. The van der Waals surface area contributed by atoms with Crippen molar-refractivity contribution in [3.8, 4) is 0 Å². The van der Waals surface area contributed by atoms with Crippen molar-refractivity contribution in [3.63, 3.8) is 0 Å². The first kappa shape index (κ1) is 18.5. The minimum absolute atomic E-state index is 0.157. The number of carbonyl (C=O) groups is 1. The van der Waals surface area contributed by atoms with Gasteiger partial charge in [0.2, 0.25) is 5.82 Å². The molecule has 0 radical (unpaired) electrons. The molecule has 0 saturated heterocycles. The molecule has 0 aromatic carbocycles. The predicted octanol–water partition coefficient (Wildman–Crippen LogP) is 2.36. The Morgan fingerprint density at radius 2 is 2.00 bits per heavy atom. The van der Waals surface area contributed by atoms with Gasteiger partial charge in [-0.3, -0.25) is 14.9 Å². The van der Waals surface area contributed by atoms with Crippen molar-refractivity contribution >= 4 is 11.7 Å². The number of amides is 1. The van der Waals surface area contributed by atoms with Crippen LogP contribution in [-0.4, -0.2) is 37.6 Å². The van der Waals surface area contributed by atoms with Crippen LogP contribution in [0.2, 0.25) is 0 Å². The summed E-state index contributed by atoms with van der Waals surface area (Å²) in [5.41, 5.74) is 3.79. The number of nitrogens with one attached hydrogen (secondary N) is 3. The Labute approximate surface area is 157 Å². The number of pyridine rings is 1. The van der Waals surface area contributed by atoms with Crippen LogP contribution in [0.1, 0.15) is 46.0 Å². The Morgan fingerprint density at radius 1 is 1.22 bits per heavy atom. The highest BCUT2D eigenvalue weighted by molar-refractivity contribution is 5.91. The summed E-state index contributed by atoms with van der Waals surface area (Å²) in [5.74, 6) is 0.526. The van der Waals surface area contributed by atoms with Crippen LogP contribution in [0.25, 0.3) is 0 Å². The van der Waals surface area contributed by atoms with Crippen LogP contribution in [0, 0.1) is 13.8 Å². The van der Waals surface area contributed by atoms with Gasteiger partial charge in [-0.25, -0.2) is 9.97 Å². The molecule has 8 nitrogen and oxygen atoms in total. The Balaban J connectivity index is 1.69. The highest BCUT2D eigenvalue weighted by Crippen LogP contribution is 2.16. The van der Waals surface area contributed by atoms with Crippen LogP contribution in [0.5, 0.6) is 0 Å². The van der Waals surface area contributed by atoms with E-state index in [0.717, 1.165) is 28.8 Å².